The second-order valence-electron chi connectivity index (χ2n) is 6.37. The molecule has 0 aromatic heterocycles. The lowest BCUT2D eigenvalue weighted by Crippen LogP contribution is -2.54. The van der Waals surface area contributed by atoms with E-state index >= 15 is 0 Å². The molecule has 0 spiro atoms. The topological polar surface area (TPSA) is 9.23 Å². The Balaban J connectivity index is 2.33. The molecule has 0 heterocycles. The van der Waals surface area contributed by atoms with Gasteiger partial charge in [-0.2, -0.15) is 0 Å². The Bertz CT molecular complexity index is 292. The second kappa shape index (κ2) is 3.87. The minimum atomic E-state index is 0.00713. The molecule has 2 saturated carbocycles. The van der Waals surface area contributed by atoms with Crippen molar-refractivity contribution in [2.24, 2.45) is 17.3 Å². The quantitative estimate of drug-likeness (QED) is 0.637. The molecule has 2 rings (SSSR count). The van der Waals surface area contributed by atoms with Gasteiger partial charge in [0.2, 0.25) is 0 Å². The van der Waals surface area contributed by atoms with Gasteiger partial charge in [0.25, 0.3) is 0 Å². The van der Waals surface area contributed by atoms with E-state index in [2.05, 4.69) is 34.3 Å². The van der Waals surface area contributed by atoms with Crippen molar-refractivity contribution in [2.45, 2.75) is 59.0 Å². The molecule has 0 aromatic carbocycles. The van der Waals surface area contributed by atoms with E-state index in [4.69, 9.17) is 4.74 Å². The van der Waals surface area contributed by atoms with Crippen molar-refractivity contribution in [3.05, 3.63) is 12.2 Å². The minimum Gasteiger partial charge on any atom is -0.371 e. The fraction of sp³-hybridized carbons (Fsp3) is 0.867. The fourth-order valence-corrected chi connectivity index (χ4v) is 3.95. The molecule has 0 amide bonds. The average Bonchev–Trinajstić information content (AvgIpc) is 2.20. The molecule has 0 N–H and O–H groups in total. The maximum Gasteiger partial charge on any atom is 0.0917 e. The van der Waals surface area contributed by atoms with Gasteiger partial charge in [0, 0.05) is 6.61 Å². The molecule has 2 aliphatic carbocycles. The number of fused-ring (bicyclic) bond motifs is 2. The van der Waals surface area contributed by atoms with Crippen LogP contribution in [0.3, 0.4) is 0 Å². The van der Waals surface area contributed by atoms with E-state index in [1.807, 2.05) is 0 Å². The third-order valence-corrected chi connectivity index (χ3v) is 5.13. The maximum absolute atomic E-state index is 6.16. The molecule has 0 aromatic rings. The van der Waals surface area contributed by atoms with Crippen LogP contribution in [0.2, 0.25) is 0 Å². The third-order valence-electron chi connectivity index (χ3n) is 5.13. The molecule has 0 saturated heterocycles. The lowest BCUT2D eigenvalue weighted by molar-refractivity contribution is -0.113. The molecule has 2 aliphatic rings. The fourth-order valence-electron chi connectivity index (χ4n) is 3.95. The summed E-state index contributed by atoms with van der Waals surface area (Å²) in [6, 6.07) is 0. The van der Waals surface area contributed by atoms with Gasteiger partial charge in [-0.25, -0.2) is 0 Å². The summed E-state index contributed by atoms with van der Waals surface area (Å²) in [7, 11) is 0. The van der Waals surface area contributed by atoms with Gasteiger partial charge in [-0.3, -0.25) is 0 Å². The predicted octanol–water partition coefficient (Wildman–Crippen LogP) is 4.18. The molecular weight excluding hydrogens is 196 g/mol. The standard InChI is InChI=1S/C15H26O/c1-6-16-15-10-9-14(4,5)13(12(15)3)8-7-11(15)2/h11,13H,3,6-10H2,1-2,4-5H3. The van der Waals surface area contributed by atoms with Gasteiger partial charge in [-0.15, -0.1) is 0 Å². The summed E-state index contributed by atoms with van der Waals surface area (Å²) >= 11 is 0. The summed E-state index contributed by atoms with van der Waals surface area (Å²) < 4.78 is 6.16. The van der Waals surface area contributed by atoms with Gasteiger partial charge < -0.3 is 4.74 Å². The Morgan fingerprint density at radius 1 is 1.31 bits per heavy atom. The van der Waals surface area contributed by atoms with Crippen molar-refractivity contribution >= 4 is 0 Å². The van der Waals surface area contributed by atoms with Crippen LogP contribution >= 0.6 is 0 Å². The lowest BCUT2D eigenvalue weighted by Gasteiger charge is -2.56. The van der Waals surface area contributed by atoms with Crippen LogP contribution in [0.25, 0.3) is 0 Å². The van der Waals surface area contributed by atoms with Crippen LogP contribution < -0.4 is 0 Å². The Kier molecular flexibility index (Phi) is 2.94. The molecule has 1 nitrogen and oxygen atoms in total. The highest BCUT2D eigenvalue weighted by Gasteiger charge is 2.53. The molecule has 3 atom stereocenters. The van der Waals surface area contributed by atoms with E-state index < -0.39 is 0 Å². The zero-order valence-electron chi connectivity index (χ0n) is 11.3. The normalized spacial score (nSPS) is 42.1. The van der Waals surface area contributed by atoms with Gasteiger partial charge in [0.1, 0.15) is 0 Å². The Hall–Kier alpha value is -0.300. The Labute approximate surface area is 100 Å². The van der Waals surface area contributed by atoms with Gasteiger partial charge in [0.05, 0.1) is 5.60 Å². The first kappa shape index (κ1) is 12.2. The monoisotopic (exact) mass is 222 g/mol. The molecular formula is C15H26O. The van der Waals surface area contributed by atoms with Crippen LogP contribution in [0, 0.1) is 17.3 Å². The highest BCUT2D eigenvalue weighted by Crippen LogP contribution is 2.57. The van der Waals surface area contributed by atoms with E-state index in [1.54, 1.807) is 0 Å². The Morgan fingerprint density at radius 3 is 2.62 bits per heavy atom. The highest BCUT2D eigenvalue weighted by atomic mass is 16.5. The van der Waals surface area contributed by atoms with Gasteiger partial charge >= 0.3 is 0 Å². The van der Waals surface area contributed by atoms with Crippen molar-refractivity contribution in [1.29, 1.82) is 0 Å². The minimum absolute atomic E-state index is 0.00713. The summed E-state index contributed by atoms with van der Waals surface area (Å²) in [6.07, 6.45) is 5.06. The average molecular weight is 222 g/mol. The molecule has 3 unspecified atom stereocenters. The molecule has 92 valence electrons. The molecule has 1 heteroatoms. The second-order valence-corrected chi connectivity index (χ2v) is 6.37. The largest absolute Gasteiger partial charge is 0.371 e. The van der Waals surface area contributed by atoms with E-state index in [-0.39, 0.29) is 5.60 Å². The van der Waals surface area contributed by atoms with Gasteiger partial charge in [-0.1, -0.05) is 27.4 Å². The van der Waals surface area contributed by atoms with Crippen molar-refractivity contribution in [3.63, 3.8) is 0 Å². The zero-order chi connectivity index (χ0) is 12.0. The van der Waals surface area contributed by atoms with Crippen molar-refractivity contribution in [3.8, 4) is 0 Å². The van der Waals surface area contributed by atoms with Crippen LogP contribution in [0.15, 0.2) is 12.2 Å². The van der Waals surface area contributed by atoms with Crippen LogP contribution in [0.5, 0.6) is 0 Å². The first-order valence-corrected chi connectivity index (χ1v) is 6.77. The van der Waals surface area contributed by atoms with E-state index in [0.717, 1.165) is 6.61 Å². The number of rotatable bonds is 2. The number of hydrogen-bond donors (Lipinski definition) is 0. The number of ether oxygens (including phenoxy) is 1. The summed E-state index contributed by atoms with van der Waals surface area (Å²) in [4.78, 5) is 0. The molecule has 0 aliphatic heterocycles. The van der Waals surface area contributed by atoms with Crippen molar-refractivity contribution in [2.75, 3.05) is 6.61 Å². The predicted molar refractivity (Wildman–Crippen MR) is 68.4 cm³/mol. The summed E-state index contributed by atoms with van der Waals surface area (Å²) in [6.45, 7) is 14.5. The SMILES string of the molecule is C=C1C2CCC(C)C1(OCC)CCC2(C)C. The Morgan fingerprint density at radius 2 is 2.00 bits per heavy atom. The van der Waals surface area contributed by atoms with Crippen LogP contribution in [-0.2, 0) is 4.74 Å². The molecule has 2 bridgehead atoms. The molecule has 16 heavy (non-hydrogen) atoms. The van der Waals surface area contributed by atoms with Crippen molar-refractivity contribution in [1.82, 2.24) is 0 Å². The van der Waals surface area contributed by atoms with Crippen LogP contribution in [0.4, 0.5) is 0 Å². The first-order valence-electron chi connectivity index (χ1n) is 6.77. The summed E-state index contributed by atoms with van der Waals surface area (Å²) in [5, 5.41) is 0. The van der Waals surface area contributed by atoms with E-state index in [9.17, 15) is 0 Å². The van der Waals surface area contributed by atoms with Crippen LogP contribution in [-0.4, -0.2) is 12.2 Å². The summed E-state index contributed by atoms with van der Waals surface area (Å²) in [5.74, 6) is 1.32. The molecule has 0 radical (unpaired) electrons. The third kappa shape index (κ3) is 1.55. The van der Waals surface area contributed by atoms with Gasteiger partial charge in [0.15, 0.2) is 0 Å². The molecule has 2 fully saturated rings. The van der Waals surface area contributed by atoms with Crippen LogP contribution in [0.1, 0.15) is 53.4 Å². The van der Waals surface area contributed by atoms with Crippen molar-refractivity contribution < 1.29 is 4.74 Å². The number of hydrogen-bond acceptors (Lipinski definition) is 1. The smallest absolute Gasteiger partial charge is 0.0917 e. The van der Waals surface area contributed by atoms with E-state index in [0.29, 0.717) is 17.3 Å². The lowest BCUT2D eigenvalue weighted by atomic mass is 9.53. The zero-order valence-corrected chi connectivity index (χ0v) is 11.3. The first-order chi connectivity index (χ1) is 7.44. The highest BCUT2D eigenvalue weighted by molar-refractivity contribution is 5.27. The summed E-state index contributed by atoms with van der Waals surface area (Å²) in [5.41, 5.74) is 1.83. The maximum atomic E-state index is 6.16. The van der Waals surface area contributed by atoms with E-state index in [1.165, 1.54) is 31.3 Å². The van der Waals surface area contributed by atoms with Gasteiger partial charge in [-0.05, 0) is 55.4 Å².